The number of nitrogens with zero attached hydrogens (tertiary/aromatic N) is 4. The van der Waals surface area contributed by atoms with Gasteiger partial charge in [-0.15, -0.1) is 0 Å². The molecule has 0 saturated heterocycles. The van der Waals surface area contributed by atoms with E-state index in [0.29, 0.717) is 16.8 Å². The van der Waals surface area contributed by atoms with Gasteiger partial charge in [0.25, 0.3) is 0 Å². The molecule has 0 bridgehead atoms. The molecular formula is C45H28N4Si. The molecule has 8 rings (SSSR count). The fraction of sp³-hybridized carbons (Fsp3) is 0. The fourth-order valence-electron chi connectivity index (χ4n) is 7.48. The number of hydrogen-bond acceptors (Lipinski definition) is 2. The molecule has 232 valence electrons. The zero-order chi connectivity index (χ0) is 34.1. The van der Waals surface area contributed by atoms with Crippen LogP contribution in [0.2, 0.25) is 0 Å². The maximum Gasteiger partial charge on any atom is 0.189 e. The van der Waals surface area contributed by atoms with E-state index >= 15 is 0 Å². The van der Waals surface area contributed by atoms with Crippen molar-refractivity contribution < 1.29 is 0 Å². The molecular weight excluding hydrogens is 625 g/mol. The largest absolute Gasteiger partial charge is 0.310 e. The summed E-state index contributed by atoms with van der Waals surface area (Å²) in [6.45, 7) is 8.20. The second-order valence-electron chi connectivity index (χ2n) is 12.3. The highest BCUT2D eigenvalue weighted by molar-refractivity contribution is 7.20. The number of aromatic nitrogens is 1. The van der Waals surface area contributed by atoms with Crippen LogP contribution in [0.25, 0.3) is 43.5 Å². The molecule has 4 nitrogen and oxygen atoms in total. The monoisotopic (exact) mass is 652 g/mol. The minimum atomic E-state index is -3.00. The number of fused-ring (bicyclic) bond motifs is 3. The molecule has 0 aliphatic carbocycles. The van der Waals surface area contributed by atoms with Crippen molar-refractivity contribution in [3.63, 3.8) is 0 Å². The van der Waals surface area contributed by atoms with Crippen LogP contribution in [0.1, 0.15) is 11.1 Å². The van der Waals surface area contributed by atoms with Gasteiger partial charge in [0.15, 0.2) is 13.8 Å². The first kappa shape index (κ1) is 30.4. The average molecular weight is 653 g/mol. The van der Waals surface area contributed by atoms with E-state index < -0.39 is 8.07 Å². The quantitative estimate of drug-likeness (QED) is 0.104. The van der Waals surface area contributed by atoms with Gasteiger partial charge < -0.3 is 4.57 Å². The molecule has 0 amide bonds. The SMILES string of the molecule is [C-]#[N+]c1cc(-c2cc(C#N)ccc2[Si](c2ccccc2)(c2ccccc2)c2ccccc2)cc(-n2c3ccccc3c3cc(C#N)ccc32)c1. The molecule has 0 fully saturated rings. The Hall–Kier alpha value is -6.97. The maximum atomic E-state index is 10.2. The summed E-state index contributed by atoms with van der Waals surface area (Å²) in [5, 5.41) is 26.7. The number of benzene rings is 7. The molecule has 0 unspecified atom stereocenters. The van der Waals surface area contributed by atoms with E-state index in [2.05, 4.69) is 137 Å². The van der Waals surface area contributed by atoms with E-state index in [-0.39, 0.29) is 0 Å². The Balaban J connectivity index is 1.48. The van der Waals surface area contributed by atoms with E-state index in [1.807, 2.05) is 54.6 Å². The van der Waals surface area contributed by atoms with Crippen LogP contribution in [0, 0.1) is 29.2 Å². The maximum absolute atomic E-state index is 10.2. The highest BCUT2D eigenvalue weighted by atomic mass is 28.3. The summed E-state index contributed by atoms with van der Waals surface area (Å²) >= 11 is 0. The summed E-state index contributed by atoms with van der Waals surface area (Å²) in [6, 6.07) is 62.8. The first-order valence-electron chi connectivity index (χ1n) is 16.3. The summed E-state index contributed by atoms with van der Waals surface area (Å²) in [4.78, 5) is 3.96. The van der Waals surface area contributed by atoms with Gasteiger partial charge in [0, 0.05) is 16.5 Å². The number of para-hydroxylation sites is 1. The third-order valence-corrected chi connectivity index (χ3v) is 14.4. The van der Waals surface area contributed by atoms with Crippen molar-refractivity contribution in [1.82, 2.24) is 4.57 Å². The lowest BCUT2D eigenvalue weighted by Crippen LogP contribution is -2.75. The van der Waals surface area contributed by atoms with Crippen molar-refractivity contribution in [3.8, 4) is 29.0 Å². The lowest BCUT2D eigenvalue weighted by atomic mass is 10.0. The first-order chi connectivity index (χ1) is 24.6. The Kier molecular flexibility index (Phi) is 7.63. The molecule has 0 atom stereocenters. The highest BCUT2D eigenvalue weighted by Crippen LogP contribution is 2.36. The second-order valence-corrected chi connectivity index (χ2v) is 16.0. The van der Waals surface area contributed by atoms with Crippen molar-refractivity contribution in [3.05, 3.63) is 192 Å². The summed E-state index contributed by atoms with van der Waals surface area (Å²) < 4.78 is 2.17. The zero-order valence-corrected chi connectivity index (χ0v) is 28.0. The van der Waals surface area contributed by atoms with E-state index in [4.69, 9.17) is 6.57 Å². The normalized spacial score (nSPS) is 11.1. The standard InChI is InChI=1S/C45H28N4Si/c1-48-35-27-34(28-36(29-35)49-43-20-12-11-19-40(43)42-26-32(30-46)21-23-44(42)49)41-25-33(31-47)22-24-45(41)50(37-13-5-2-6-14-37,38-15-7-3-8-16-38)39-17-9-4-10-18-39/h2-29H. The Morgan fingerprint density at radius 2 is 1.06 bits per heavy atom. The Morgan fingerprint density at radius 3 is 1.66 bits per heavy atom. The zero-order valence-electron chi connectivity index (χ0n) is 27.0. The van der Waals surface area contributed by atoms with Crippen LogP contribution in [-0.2, 0) is 0 Å². The van der Waals surface area contributed by atoms with Gasteiger partial charge in [-0.1, -0.05) is 115 Å². The van der Waals surface area contributed by atoms with Crippen LogP contribution in [0.4, 0.5) is 5.69 Å². The van der Waals surface area contributed by atoms with Crippen LogP contribution in [0.3, 0.4) is 0 Å². The fourth-order valence-corrected chi connectivity index (χ4v) is 12.4. The molecule has 1 heterocycles. The third-order valence-electron chi connectivity index (χ3n) is 9.58. The minimum Gasteiger partial charge on any atom is -0.310 e. The van der Waals surface area contributed by atoms with Gasteiger partial charge in [0.05, 0.1) is 40.9 Å². The third kappa shape index (κ3) is 4.88. The summed E-state index contributed by atoms with van der Waals surface area (Å²) in [5.74, 6) is 0. The van der Waals surface area contributed by atoms with Crippen molar-refractivity contribution in [2.75, 3.05) is 0 Å². The minimum absolute atomic E-state index is 0.497. The van der Waals surface area contributed by atoms with Crippen molar-refractivity contribution in [2.45, 2.75) is 0 Å². The van der Waals surface area contributed by atoms with Gasteiger partial charge in [0.2, 0.25) is 0 Å². The Bertz CT molecular complexity index is 2580. The van der Waals surface area contributed by atoms with Gasteiger partial charge in [-0.05, 0) is 86.5 Å². The van der Waals surface area contributed by atoms with E-state index in [0.717, 1.165) is 43.8 Å². The lowest BCUT2D eigenvalue weighted by Gasteiger charge is -2.36. The summed E-state index contributed by atoms with van der Waals surface area (Å²) in [6.07, 6.45) is 0. The van der Waals surface area contributed by atoms with Gasteiger partial charge in [0.1, 0.15) is 0 Å². The smallest absolute Gasteiger partial charge is 0.189 e. The van der Waals surface area contributed by atoms with E-state index in [1.54, 1.807) is 0 Å². The predicted octanol–water partition coefficient (Wildman–Crippen LogP) is 8.12. The molecule has 1 aromatic heterocycles. The van der Waals surface area contributed by atoms with E-state index in [9.17, 15) is 10.5 Å². The predicted molar refractivity (Wildman–Crippen MR) is 206 cm³/mol. The molecule has 50 heavy (non-hydrogen) atoms. The number of rotatable bonds is 6. The molecule has 0 saturated carbocycles. The molecule has 0 aliphatic heterocycles. The molecule has 0 aliphatic rings. The first-order valence-corrected chi connectivity index (χ1v) is 18.3. The molecule has 5 heteroatoms. The average Bonchev–Trinajstić information content (AvgIpc) is 3.53. The van der Waals surface area contributed by atoms with E-state index in [1.165, 1.54) is 15.6 Å². The van der Waals surface area contributed by atoms with Gasteiger partial charge in [-0.25, -0.2) is 4.85 Å². The molecule has 0 spiro atoms. The van der Waals surface area contributed by atoms with Crippen LogP contribution >= 0.6 is 0 Å². The van der Waals surface area contributed by atoms with Gasteiger partial charge in [-0.2, -0.15) is 10.5 Å². The number of nitriles is 2. The van der Waals surface area contributed by atoms with Crippen LogP contribution in [-0.4, -0.2) is 12.6 Å². The molecule has 0 N–H and O–H groups in total. The van der Waals surface area contributed by atoms with Crippen LogP contribution < -0.4 is 20.7 Å². The Morgan fingerprint density at radius 1 is 0.520 bits per heavy atom. The van der Waals surface area contributed by atoms with Crippen molar-refractivity contribution in [2.24, 2.45) is 0 Å². The van der Waals surface area contributed by atoms with Crippen molar-refractivity contribution >= 4 is 56.3 Å². The van der Waals surface area contributed by atoms with Crippen molar-refractivity contribution in [1.29, 1.82) is 10.5 Å². The second kappa shape index (κ2) is 12.6. The summed E-state index contributed by atoms with van der Waals surface area (Å²) in [5.41, 5.74) is 6.20. The molecule has 0 radical (unpaired) electrons. The summed E-state index contributed by atoms with van der Waals surface area (Å²) in [7, 11) is -3.00. The number of hydrogen-bond donors (Lipinski definition) is 0. The molecule has 7 aromatic carbocycles. The lowest BCUT2D eigenvalue weighted by molar-refractivity contribution is 1.18. The van der Waals surface area contributed by atoms with Gasteiger partial charge in [-0.3, -0.25) is 0 Å². The van der Waals surface area contributed by atoms with Crippen LogP contribution in [0.15, 0.2) is 170 Å². The molecule has 8 aromatic rings. The topological polar surface area (TPSA) is 56.9 Å². The van der Waals surface area contributed by atoms with Crippen LogP contribution in [0.5, 0.6) is 0 Å². The van der Waals surface area contributed by atoms with Gasteiger partial charge >= 0.3 is 0 Å². The highest BCUT2D eigenvalue weighted by Gasteiger charge is 2.43. The Labute approximate surface area is 291 Å².